The molecule has 5 heteroatoms. The predicted octanol–water partition coefficient (Wildman–Crippen LogP) is 6.40. The summed E-state index contributed by atoms with van der Waals surface area (Å²) in [6.07, 6.45) is 7.71. The minimum absolute atomic E-state index is 0.276. The second-order valence-electron chi connectivity index (χ2n) is 11.8. The Labute approximate surface area is 200 Å². The third kappa shape index (κ3) is 4.04. The fourth-order valence-electron chi connectivity index (χ4n) is 8.13. The van der Waals surface area contributed by atoms with Crippen LogP contribution in [0, 0.1) is 16.7 Å². The average Bonchev–Trinajstić information content (AvgIpc) is 3.22. The summed E-state index contributed by atoms with van der Waals surface area (Å²) in [5.74, 6) is 1.73. The summed E-state index contributed by atoms with van der Waals surface area (Å²) < 4.78 is 7.08. The van der Waals surface area contributed by atoms with E-state index in [1.54, 1.807) is 11.3 Å². The number of aliphatic hydroxyl groups excluding tert-OH is 1. The van der Waals surface area contributed by atoms with Crippen LogP contribution >= 0.6 is 11.3 Å². The standard InChI is InChI=1S/C28H34N2O2S/c1-26-10-19-11-27(2,15-26)17-28(12-19,16-26)20-3-6-23(7-4-20)32-14-22(31)13-29-21-5-8-24-25(9-21)33-18-30-24/h3-9,18-19,22,29,31H,10-17H2,1-2H3/t19?,22?,26-,27+,28?. The van der Waals surface area contributed by atoms with E-state index in [0.717, 1.165) is 27.6 Å². The lowest BCUT2D eigenvalue weighted by molar-refractivity contribution is -0.110. The van der Waals surface area contributed by atoms with Gasteiger partial charge in [0.25, 0.3) is 0 Å². The van der Waals surface area contributed by atoms with E-state index in [-0.39, 0.29) is 6.61 Å². The second kappa shape index (κ2) is 7.71. The van der Waals surface area contributed by atoms with Gasteiger partial charge in [-0.1, -0.05) is 26.0 Å². The Morgan fingerprint density at radius 1 is 1.06 bits per heavy atom. The highest BCUT2D eigenvalue weighted by atomic mass is 32.1. The molecular formula is C28H34N2O2S. The molecular weight excluding hydrogens is 428 g/mol. The fraction of sp³-hybridized carbons (Fsp3) is 0.536. The largest absolute Gasteiger partial charge is 0.491 e. The molecule has 0 saturated heterocycles. The van der Waals surface area contributed by atoms with Crippen LogP contribution in [-0.4, -0.2) is 29.3 Å². The Bertz CT molecular complexity index is 1140. The number of ether oxygens (including phenoxy) is 1. The number of nitrogens with zero attached hydrogens (tertiary/aromatic N) is 1. The van der Waals surface area contributed by atoms with Crippen LogP contribution in [0.1, 0.15) is 57.9 Å². The van der Waals surface area contributed by atoms with Crippen LogP contribution in [0.3, 0.4) is 0 Å². The smallest absolute Gasteiger partial charge is 0.119 e. The molecule has 0 aliphatic heterocycles. The first-order valence-corrected chi connectivity index (χ1v) is 13.2. The molecule has 4 aliphatic rings. The maximum absolute atomic E-state index is 10.4. The summed E-state index contributed by atoms with van der Waals surface area (Å²) in [5, 5.41) is 13.7. The van der Waals surface area contributed by atoms with E-state index >= 15 is 0 Å². The van der Waals surface area contributed by atoms with E-state index < -0.39 is 6.10 Å². The number of hydrogen-bond acceptors (Lipinski definition) is 5. The van der Waals surface area contributed by atoms with Crippen molar-refractivity contribution in [3.05, 3.63) is 53.5 Å². The lowest BCUT2D eigenvalue weighted by atomic mass is 9.39. The Hall–Kier alpha value is -2.11. The number of anilines is 1. The van der Waals surface area contributed by atoms with Gasteiger partial charge in [-0.05, 0) is 96.6 Å². The normalized spacial score (nSPS) is 33.4. The van der Waals surface area contributed by atoms with Crippen LogP contribution in [0.5, 0.6) is 5.75 Å². The van der Waals surface area contributed by atoms with Gasteiger partial charge >= 0.3 is 0 Å². The minimum Gasteiger partial charge on any atom is -0.491 e. The van der Waals surface area contributed by atoms with Gasteiger partial charge in [0.15, 0.2) is 0 Å². The summed E-state index contributed by atoms with van der Waals surface area (Å²) in [6.45, 7) is 5.79. The number of fused-ring (bicyclic) bond motifs is 1. The van der Waals surface area contributed by atoms with E-state index in [9.17, 15) is 5.11 Å². The zero-order valence-electron chi connectivity index (χ0n) is 19.6. The minimum atomic E-state index is -0.579. The van der Waals surface area contributed by atoms with Crippen molar-refractivity contribution in [2.75, 3.05) is 18.5 Å². The number of aliphatic hydroxyl groups is 1. The van der Waals surface area contributed by atoms with Crippen molar-refractivity contribution >= 4 is 27.2 Å². The van der Waals surface area contributed by atoms with E-state index in [0.29, 0.717) is 22.8 Å². The number of hydrogen-bond donors (Lipinski definition) is 2. The van der Waals surface area contributed by atoms with Gasteiger partial charge in [-0.3, -0.25) is 0 Å². The predicted molar refractivity (Wildman–Crippen MR) is 135 cm³/mol. The zero-order valence-corrected chi connectivity index (χ0v) is 20.5. The number of aromatic nitrogens is 1. The van der Waals surface area contributed by atoms with Crippen LogP contribution in [0.2, 0.25) is 0 Å². The van der Waals surface area contributed by atoms with Crippen molar-refractivity contribution in [1.82, 2.24) is 4.98 Å². The van der Waals surface area contributed by atoms with Crippen molar-refractivity contribution in [3.63, 3.8) is 0 Å². The van der Waals surface area contributed by atoms with Gasteiger partial charge in [-0.25, -0.2) is 4.98 Å². The maximum Gasteiger partial charge on any atom is 0.119 e. The Morgan fingerprint density at radius 2 is 1.82 bits per heavy atom. The van der Waals surface area contributed by atoms with Gasteiger partial charge in [0.1, 0.15) is 18.5 Å². The quantitative estimate of drug-likeness (QED) is 0.427. The average molecular weight is 463 g/mol. The summed E-state index contributed by atoms with van der Waals surface area (Å²) in [5.41, 5.74) is 6.74. The van der Waals surface area contributed by atoms with Crippen LogP contribution in [0.15, 0.2) is 48.0 Å². The van der Waals surface area contributed by atoms with Crippen molar-refractivity contribution in [2.45, 2.75) is 63.9 Å². The molecule has 33 heavy (non-hydrogen) atoms. The number of nitrogens with one attached hydrogen (secondary N) is 1. The van der Waals surface area contributed by atoms with Gasteiger partial charge < -0.3 is 15.2 Å². The molecule has 3 unspecified atom stereocenters. The number of thiazole rings is 1. The van der Waals surface area contributed by atoms with Crippen molar-refractivity contribution in [1.29, 1.82) is 0 Å². The van der Waals surface area contributed by atoms with Gasteiger partial charge in [0, 0.05) is 12.2 Å². The monoisotopic (exact) mass is 462 g/mol. The first-order valence-electron chi connectivity index (χ1n) is 12.3. The first-order chi connectivity index (χ1) is 15.8. The molecule has 1 aromatic heterocycles. The van der Waals surface area contributed by atoms with Gasteiger partial charge in [-0.15, -0.1) is 11.3 Å². The molecule has 2 N–H and O–H groups in total. The molecule has 0 amide bonds. The van der Waals surface area contributed by atoms with E-state index in [1.807, 2.05) is 17.6 Å². The van der Waals surface area contributed by atoms with Crippen molar-refractivity contribution < 1.29 is 9.84 Å². The highest BCUT2D eigenvalue weighted by Gasteiger charge is 2.60. The molecule has 4 nitrogen and oxygen atoms in total. The SMILES string of the molecule is C[C@]12CC3CC(c4ccc(OCC(O)CNc5ccc6ncsc6c5)cc4)(C1)C[C@@](C)(C3)C2. The summed E-state index contributed by atoms with van der Waals surface area (Å²) >= 11 is 1.62. The zero-order chi connectivity index (χ0) is 22.7. The third-order valence-electron chi connectivity index (χ3n) is 8.41. The molecule has 4 bridgehead atoms. The molecule has 4 aliphatic carbocycles. The number of rotatable bonds is 7. The van der Waals surface area contributed by atoms with E-state index in [1.165, 1.54) is 44.1 Å². The lowest BCUT2D eigenvalue weighted by Gasteiger charge is -2.65. The summed E-state index contributed by atoms with van der Waals surface area (Å²) in [4.78, 5) is 4.30. The summed E-state index contributed by atoms with van der Waals surface area (Å²) in [6, 6.07) is 14.9. The molecule has 7 rings (SSSR count). The Kier molecular flexibility index (Phi) is 5.00. The molecule has 0 radical (unpaired) electrons. The molecule has 4 fully saturated rings. The third-order valence-corrected chi connectivity index (χ3v) is 9.20. The van der Waals surface area contributed by atoms with Crippen LogP contribution < -0.4 is 10.1 Å². The van der Waals surface area contributed by atoms with Crippen LogP contribution in [0.25, 0.3) is 10.2 Å². The molecule has 5 atom stereocenters. The Morgan fingerprint density at radius 3 is 2.55 bits per heavy atom. The molecule has 3 aromatic rings. The van der Waals surface area contributed by atoms with Crippen molar-refractivity contribution in [3.8, 4) is 5.75 Å². The number of benzene rings is 2. The maximum atomic E-state index is 10.4. The molecule has 1 heterocycles. The Balaban J connectivity index is 1.06. The molecule has 0 spiro atoms. The molecule has 4 saturated carbocycles. The van der Waals surface area contributed by atoms with Crippen LogP contribution in [-0.2, 0) is 5.41 Å². The molecule has 2 aromatic carbocycles. The van der Waals surface area contributed by atoms with Gasteiger partial charge in [0.2, 0.25) is 0 Å². The van der Waals surface area contributed by atoms with Crippen molar-refractivity contribution in [2.24, 2.45) is 16.7 Å². The van der Waals surface area contributed by atoms with Crippen LogP contribution in [0.4, 0.5) is 5.69 Å². The second-order valence-corrected chi connectivity index (χ2v) is 12.7. The first kappa shape index (κ1) is 21.4. The van der Waals surface area contributed by atoms with Gasteiger partial charge in [0.05, 0.1) is 15.7 Å². The topological polar surface area (TPSA) is 54.4 Å². The highest BCUT2D eigenvalue weighted by Crippen LogP contribution is 2.69. The van der Waals surface area contributed by atoms with Gasteiger partial charge in [-0.2, -0.15) is 0 Å². The lowest BCUT2D eigenvalue weighted by Crippen LogP contribution is -2.56. The molecule has 174 valence electrons. The fourth-order valence-corrected chi connectivity index (χ4v) is 8.84. The van der Waals surface area contributed by atoms with E-state index in [2.05, 4.69) is 54.5 Å². The van der Waals surface area contributed by atoms with E-state index in [4.69, 9.17) is 4.74 Å². The summed E-state index contributed by atoms with van der Waals surface area (Å²) in [7, 11) is 0. The highest BCUT2D eigenvalue weighted by molar-refractivity contribution is 7.16.